The molecule has 0 bridgehead atoms. The molecule has 0 amide bonds. The molecule has 4 nitrogen and oxygen atoms in total. The van der Waals surface area contributed by atoms with E-state index in [1.807, 2.05) is 0 Å². The molecule has 0 aliphatic rings. The Morgan fingerprint density at radius 2 is 0.800 bits per heavy atom. The van der Waals surface area contributed by atoms with Gasteiger partial charge >= 0.3 is 0 Å². The summed E-state index contributed by atoms with van der Waals surface area (Å²) in [4.78, 5) is 44.0. The summed E-state index contributed by atoms with van der Waals surface area (Å²) in [7, 11) is 0.657. The van der Waals surface area contributed by atoms with Crippen molar-refractivity contribution in [3.8, 4) is 0 Å². The third-order valence-corrected chi connectivity index (χ3v) is 3.04. The monoisotopic (exact) mass is 228 g/mol. The molecule has 0 aromatic rings. The predicted octanol–water partition coefficient (Wildman–Crippen LogP) is 0.420. The molecular weight excluding hydrogens is 216 g/mol. The minimum atomic E-state index is -0.437. The van der Waals surface area contributed by atoms with E-state index < -0.39 is 23.1 Å². The van der Waals surface area contributed by atoms with Crippen LogP contribution in [0.15, 0.2) is 0 Å². The van der Waals surface area contributed by atoms with Crippen molar-refractivity contribution in [2.45, 2.75) is 27.7 Å². The molecule has 15 heavy (non-hydrogen) atoms. The first-order valence-electron chi connectivity index (χ1n) is 4.22. The van der Waals surface area contributed by atoms with Gasteiger partial charge in [0.2, 0.25) is 0 Å². The molecule has 0 radical (unpaired) electrons. The number of rotatable bonds is 4. The maximum Gasteiger partial charge on any atom is 0.173 e. The molecule has 0 heterocycles. The smallest absolute Gasteiger partial charge is 0.173 e. The molecule has 5 heteroatoms. The van der Waals surface area contributed by atoms with Crippen molar-refractivity contribution in [2.75, 3.05) is 0 Å². The van der Waals surface area contributed by atoms with Gasteiger partial charge < -0.3 is 0 Å². The molecule has 0 saturated heterocycles. The normalized spacial score (nSPS) is 9.07. The van der Waals surface area contributed by atoms with Gasteiger partial charge in [-0.1, -0.05) is 0 Å². The van der Waals surface area contributed by atoms with E-state index in [0.29, 0.717) is 10.9 Å². The van der Waals surface area contributed by atoms with Crippen LogP contribution in [0.5, 0.6) is 0 Å². The predicted molar refractivity (Wildman–Crippen MR) is 60.3 cm³/mol. The Morgan fingerprint density at radius 1 is 0.600 bits per heavy atom. The summed E-state index contributed by atoms with van der Waals surface area (Å²) in [5, 5.41) is 0. The average Bonchev–Trinajstić information content (AvgIpc) is 2.01. The highest BCUT2D eigenvalue weighted by atomic mass is 32.1. The van der Waals surface area contributed by atoms with Crippen molar-refractivity contribution in [3.05, 3.63) is 0 Å². The second-order valence-electron chi connectivity index (χ2n) is 2.99. The second kappa shape index (κ2) is 5.50. The lowest BCUT2D eigenvalue weighted by atomic mass is 10.2. The van der Waals surface area contributed by atoms with Gasteiger partial charge in [-0.2, -0.15) is 0 Å². The molecule has 0 atom stereocenters. The van der Waals surface area contributed by atoms with E-state index in [0.717, 1.165) is 0 Å². The van der Waals surface area contributed by atoms with Crippen molar-refractivity contribution in [3.63, 3.8) is 0 Å². The lowest BCUT2D eigenvalue weighted by Crippen LogP contribution is -2.21. The van der Waals surface area contributed by atoms with Crippen LogP contribution in [0.1, 0.15) is 27.7 Å². The summed E-state index contributed by atoms with van der Waals surface area (Å²) in [5.41, 5.74) is 0. The molecule has 0 N–H and O–H groups in total. The molecular formula is C10H12O4S. The number of hydrogen-bond acceptors (Lipinski definition) is 4. The second-order valence-corrected chi connectivity index (χ2v) is 4.01. The van der Waals surface area contributed by atoms with Crippen molar-refractivity contribution < 1.29 is 19.2 Å². The van der Waals surface area contributed by atoms with Crippen LogP contribution < -0.4 is 0 Å². The minimum Gasteiger partial charge on any atom is -0.293 e. The Balaban J connectivity index is 5.87. The fraction of sp³-hybridized carbons (Fsp3) is 0.400. The van der Waals surface area contributed by atoms with Crippen molar-refractivity contribution in [1.29, 1.82) is 0 Å². The van der Waals surface area contributed by atoms with E-state index >= 15 is 0 Å². The van der Waals surface area contributed by atoms with Crippen LogP contribution in [0.3, 0.4) is 0 Å². The lowest BCUT2D eigenvalue weighted by molar-refractivity contribution is -0.116. The van der Waals surface area contributed by atoms with Crippen LogP contribution in [0.25, 0.3) is 0 Å². The maximum atomic E-state index is 11.1. The summed E-state index contributed by atoms with van der Waals surface area (Å²) in [5.74, 6) is -1.75. The zero-order chi connectivity index (χ0) is 12.2. The Kier molecular flexibility index (Phi) is 5.00. The van der Waals surface area contributed by atoms with E-state index in [9.17, 15) is 19.2 Å². The number of ketones is 4. The zero-order valence-corrected chi connectivity index (χ0v) is 9.86. The van der Waals surface area contributed by atoms with Gasteiger partial charge in [0.05, 0.1) is 0 Å². The Morgan fingerprint density at radius 3 is 0.933 bits per heavy atom. The van der Waals surface area contributed by atoms with Crippen LogP contribution in [0, 0.1) is 0 Å². The van der Waals surface area contributed by atoms with Gasteiger partial charge in [0.15, 0.2) is 23.1 Å². The third-order valence-electron chi connectivity index (χ3n) is 1.48. The number of carbonyl (C=O) groups excluding carboxylic acids is 4. The topological polar surface area (TPSA) is 68.3 Å². The molecule has 0 aromatic heterocycles. The van der Waals surface area contributed by atoms with Gasteiger partial charge in [0.25, 0.3) is 0 Å². The quantitative estimate of drug-likeness (QED) is 0.516. The number of Topliss-reactive ketones (excluding diaryl/α,β-unsaturated/α-hetero) is 4. The molecule has 0 aliphatic heterocycles. The molecule has 0 rings (SSSR count). The maximum absolute atomic E-state index is 11.1. The van der Waals surface area contributed by atoms with Gasteiger partial charge in [-0.3, -0.25) is 19.2 Å². The largest absolute Gasteiger partial charge is 0.293 e. The first-order chi connectivity index (χ1) is 6.77. The first kappa shape index (κ1) is 13.6. The van der Waals surface area contributed by atoms with E-state index in [-0.39, 0.29) is 9.73 Å². The number of carbonyl (C=O) groups is 4. The summed E-state index contributed by atoms with van der Waals surface area (Å²) in [6.45, 7) is 4.90. The summed E-state index contributed by atoms with van der Waals surface area (Å²) in [6, 6.07) is 0. The van der Waals surface area contributed by atoms with Crippen molar-refractivity contribution >= 4 is 43.8 Å². The Hall–Kier alpha value is -1.36. The van der Waals surface area contributed by atoms with Gasteiger partial charge in [-0.25, -0.2) is 0 Å². The standard InChI is InChI=1S/C10H12O4S/c1-5(11)9(6(2)12)15-10(7(3)13)8(4)14/h1-4H3. The summed E-state index contributed by atoms with van der Waals surface area (Å²) >= 11 is 0. The Bertz CT molecular complexity index is 343. The molecule has 82 valence electrons. The van der Waals surface area contributed by atoms with Crippen LogP contribution in [0.4, 0.5) is 0 Å². The van der Waals surface area contributed by atoms with Crippen molar-refractivity contribution in [2.24, 2.45) is 0 Å². The van der Waals surface area contributed by atoms with E-state index in [4.69, 9.17) is 0 Å². The van der Waals surface area contributed by atoms with E-state index in [2.05, 4.69) is 0 Å². The molecule has 0 saturated carbocycles. The molecule has 0 fully saturated rings. The fourth-order valence-electron chi connectivity index (χ4n) is 0.885. The van der Waals surface area contributed by atoms with Gasteiger partial charge in [0.1, 0.15) is 9.73 Å². The van der Waals surface area contributed by atoms with Gasteiger partial charge in [-0.05, 0) is 0 Å². The van der Waals surface area contributed by atoms with Crippen LogP contribution in [0.2, 0.25) is 0 Å². The highest BCUT2D eigenvalue weighted by Crippen LogP contribution is 1.94. The zero-order valence-electron chi connectivity index (χ0n) is 9.04. The minimum absolute atomic E-state index is 0.0876. The number of hydrogen-bond donors (Lipinski definition) is 0. The molecule has 0 spiro atoms. The van der Waals surface area contributed by atoms with Crippen LogP contribution in [-0.2, 0) is 19.2 Å². The highest BCUT2D eigenvalue weighted by molar-refractivity contribution is 8.03. The van der Waals surface area contributed by atoms with Gasteiger partial charge in [0, 0.05) is 27.7 Å². The average molecular weight is 228 g/mol. The molecule has 0 unspecified atom stereocenters. The highest BCUT2D eigenvalue weighted by Gasteiger charge is 2.13. The van der Waals surface area contributed by atoms with Gasteiger partial charge in [-0.15, -0.1) is 10.9 Å². The van der Waals surface area contributed by atoms with Crippen molar-refractivity contribution in [1.82, 2.24) is 0 Å². The summed E-state index contributed by atoms with van der Waals surface area (Å²) in [6.07, 6.45) is 0. The van der Waals surface area contributed by atoms with E-state index in [1.54, 1.807) is 0 Å². The summed E-state index contributed by atoms with van der Waals surface area (Å²) < 4.78 is 0. The fourth-order valence-corrected chi connectivity index (χ4v) is 1.66. The molecule has 0 aromatic carbocycles. The molecule has 0 aliphatic carbocycles. The lowest BCUT2D eigenvalue weighted by Gasteiger charge is -1.95. The SMILES string of the molecule is CC(=O)C(=S=C(C(C)=O)C(C)=O)C(C)=O. The van der Waals surface area contributed by atoms with Crippen LogP contribution >= 0.6 is 10.9 Å². The van der Waals surface area contributed by atoms with Crippen LogP contribution in [-0.4, -0.2) is 32.9 Å². The third kappa shape index (κ3) is 4.12. The van der Waals surface area contributed by atoms with E-state index in [1.165, 1.54) is 27.7 Å². The first-order valence-corrected chi connectivity index (χ1v) is 5.04. The Labute approximate surface area is 91.2 Å².